The average Bonchev–Trinajstić information content (AvgIpc) is 2.96. The molecule has 2 aromatic carbocycles. The van der Waals surface area contributed by atoms with Gasteiger partial charge in [0.25, 0.3) is 0 Å². The van der Waals surface area contributed by atoms with E-state index in [4.69, 9.17) is 41.8 Å². The largest absolute Gasteiger partial charge is 1.00 e. The molecule has 4 nitrogen and oxygen atoms in total. The Kier molecular flexibility index (Phi) is 34.6. The van der Waals surface area contributed by atoms with E-state index in [1.807, 2.05) is 60.7 Å². The van der Waals surface area contributed by atoms with Gasteiger partial charge in [-0.05, 0) is 35.5 Å². The van der Waals surface area contributed by atoms with Gasteiger partial charge in [-0.25, -0.2) is 0 Å². The molecule has 2 rings (SSSR count). The summed E-state index contributed by atoms with van der Waals surface area (Å²) in [5.74, 6) is 1.65. The van der Waals surface area contributed by atoms with Crippen LogP contribution in [0.3, 0.4) is 0 Å². The second-order valence-corrected chi connectivity index (χ2v) is 16.6. The number of methoxy groups -OCH3 is 2. The molecule has 0 spiro atoms. The van der Waals surface area contributed by atoms with Crippen LogP contribution < -0.4 is 29.6 Å². The molecule has 0 aromatic heterocycles. The second kappa shape index (κ2) is 30.8. The monoisotopic (exact) mass is 778 g/mol. The third kappa shape index (κ3) is 23.8. The van der Waals surface area contributed by atoms with Gasteiger partial charge in [0.15, 0.2) is 0 Å². The van der Waals surface area contributed by atoms with Gasteiger partial charge in [-0.2, -0.15) is 0 Å². The van der Waals surface area contributed by atoms with E-state index in [-0.39, 0.29) is 59.0 Å². The molecule has 0 aliphatic rings. The SMILES string of the molecule is C.COC(=O)C(Br)c1ccccc1.COC(=O)C(SC(=S)SCCC[SiH3])c1ccccc1.[Na+].[SiH3]CCCSC(=S)[S-]. The van der Waals surface area contributed by atoms with Gasteiger partial charge in [-0.3, -0.25) is 9.59 Å². The van der Waals surface area contributed by atoms with E-state index in [0.717, 1.165) is 26.2 Å². The average molecular weight is 780 g/mol. The van der Waals surface area contributed by atoms with Crippen LogP contribution in [0.15, 0.2) is 60.7 Å². The van der Waals surface area contributed by atoms with Crippen LogP contribution in [0, 0.1) is 0 Å². The topological polar surface area (TPSA) is 52.6 Å². The molecule has 41 heavy (non-hydrogen) atoms. The summed E-state index contributed by atoms with van der Waals surface area (Å²) in [6.07, 6.45) is 2.49. The zero-order valence-electron chi connectivity index (χ0n) is 23.6. The van der Waals surface area contributed by atoms with Crippen molar-refractivity contribution in [3.05, 3.63) is 71.8 Å². The van der Waals surface area contributed by atoms with Crippen molar-refractivity contribution in [1.29, 1.82) is 0 Å². The first-order chi connectivity index (χ1) is 18.7. The molecule has 2 aromatic rings. The van der Waals surface area contributed by atoms with Crippen LogP contribution in [-0.4, -0.2) is 65.2 Å². The van der Waals surface area contributed by atoms with E-state index in [1.165, 1.54) is 71.4 Å². The summed E-state index contributed by atoms with van der Waals surface area (Å²) in [7, 11) is 5.33. The minimum Gasteiger partial charge on any atom is -0.468 e. The molecular formula is C27H40BrNaO4S6Si2. The zero-order chi connectivity index (χ0) is 29.5. The number of hydrogen-bond donors (Lipinski definition) is 0. The van der Waals surface area contributed by atoms with Crippen LogP contribution in [-0.2, 0) is 31.7 Å². The van der Waals surface area contributed by atoms with Gasteiger partial charge in [0.1, 0.15) is 13.6 Å². The third-order valence-corrected chi connectivity index (χ3v) is 11.3. The predicted octanol–water partition coefficient (Wildman–Crippen LogP) is 3.49. The summed E-state index contributed by atoms with van der Waals surface area (Å²) in [6.45, 7) is 0. The molecule has 14 heteroatoms. The van der Waals surface area contributed by atoms with Crippen LogP contribution in [0.25, 0.3) is 0 Å². The van der Waals surface area contributed by atoms with Crippen molar-refractivity contribution in [1.82, 2.24) is 0 Å². The minimum absolute atomic E-state index is 0. The number of hydrogen-bond acceptors (Lipinski definition) is 10. The Labute approximate surface area is 312 Å². The number of benzene rings is 2. The molecule has 0 aliphatic carbocycles. The molecule has 224 valence electrons. The second-order valence-electron chi connectivity index (χ2n) is 7.63. The van der Waals surface area contributed by atoms with Crippen molar-refractivity contribution in [2.24, 2.45) is 0 Å². The number of rotatable bonds is 11. The summed E-state index contributed by atoms with van der Waals surface area (Å²) in [5.41, 5.74) is 1.84. The van der Waals surface area contributed by atoms with E-state index >= 15 is 0 Å². The first-order valence-electron chi connectivity index (χ1n) is 12.3. The zero-order valence-corrected chi connectivity index (χ0v) is 36.1. The number of carbonyl (C=O) groups is 2. The van der Waals surface area contributed by atoms with Crippen molar-refractivity contribution in [3.8, 4) is 0 Å². The van der Waals surface area contributed by atoms with Crippen LogP contribution in [0.5, 0.6) is 0 Å². The fourth-order valence-electron chi connectivity index (χ4n) is 2.58. The van der Waals surface area contributed by atoms with Gasteiger partial charge in [0.2, 0.25) is 0 Å². The molecule has 0 heterocycles. The third-order valence-electron chi connectivity index (χ3n) is 4.67. The summed E-state index contributed by atoms with van der Waals surface area (Å²) in [5, 5.41) is -0.359. The van der Waals surface area contributed by atoms with Gasteiger partial charge in [-0.1, -0.05) is 124 Å². The number of carbonyl (C=O) groups excluding carboxylic acids is 2. The van der Waals surface area contributed by atoms with Crippen molar-refractivity contribution in [2.45, 2.75) is 42.4 Å². The Morgan fingerprint density at radius 2 is 1.29 bits per heavy atom. The summed E-state index contributed by atoms with van der Waals surface area (Å²) in [4.78, 5) is 22.6. The van der Waals surface area contributed by atoms with Gasteiger partial charge >= 0.3 is 41.5 Å². The molecule has 0 radical (unpaired) electrons. The molecule has 0 fully saturated rings. The number of thioether (sulfide) groups is 3. The van der Waals surface area contributed by atoms with E-state index in [1.54, 1.807) is 23.5 Å². The van der Waals surface area contributed by atoms with Crippen LogP contribution in [0.1, 0.15) is 41.5 Å². The van der Waals surface area contributed by atoms with Crippen molar-refractivity contribution >= 4 is 128 Å². The van der Waals surface area contributed by atoms with Crippen molar-refractivity contribution in [2.75, 3.05) is 25.7 Å². The fraction of sp³-hybridized carbons (Fsp3) is 0.407. The maximum atomic E-state index is 11.9. The number of ether oxygens (including phenoxy) is 2. The molecule has 0 amide bonds. The maximum absolute atomic E-state index is 11.9. The Hall–Kier alpha value is 0.744. The number of alkyl halides is 1. The van der Waals surface area contributed by atoms with Crippen molar-refractivity contribution < 1.29 is 48.6 Å². The number of esters is 2. The van der Waals surface area contributed by atoms with E-state index in [9.17, 15) is 9.59 Å². The first-order valence-corrected chi connectivity index (χ1v) is 20.1. The van der Waals surface area contributed by atoms with Crippen LogP contribution in [0.2, 0.25) is 12.1 Å². The standard InChI is InChI=1S/C13H18O2S3Si.C9H9BrO2.C4H10S3Si.CH4.Na/c1-15-12(14)11(10-6-3-2-4-7-10)18-13(16)17-8-5-9-19;1-12-9(11)8(10)7-5-3-2-4-6-7;5-4(6)7-2-1-3-8;;/h2-4,6-7,11H,5,8-9H2,1,19H3;2-6,8H,1H3;1-3H2,8H3,(H,5,6);1H4;/q;;;;+1/p-1. The number of halogens is 1. The summed E-state index contributed by atoms with van der Waals surface area (Å²) < 4.78 is 10.9. The Balaban J connectivity index is -0.000000566. The van der Waals surface area contributed by atoms with E-state index < -0.39 is 0 Å². The molecule has 0 saturated heterocycles. The van der Waals surface area contributed by atoms with Crippen LogP contribution in [0.4, 0.5) is 0 Å². The van der Waals surface area contributed by atoms with Gasteiger partial charge in [-0.15, -0.1) is 23.5 Å². The smallest absolute Gasteiger partial charge is 0.468 e. The molecule has 0 N–H and O–H groups in total. The predicted molar refractivity (Wildman–Crippen MR) is 202 cm³/mol. The molecule has 0 bridgehead atoms. The van der Waals surface area contributed by atoms with Crippen LogP contribution >= 0.6 is 75.7 Å². The number of thiocarbonyl (C=S) groups is 2. The Bertz CT molecular complexity index is 981. The van der Waals surface area contributed by atoms with Gasteiger partial charge < -0.3 is 34.3 Å². The van der Waals surface area contributed by atoms with Gasteiger partial charge in [0.05, 0.1) is 14.2 Å². The molecule has 0 saturated carbocycles. The Morgan fingerprint density at radius 3 is 1.71 bits per heavy atom. The van der Waals surface area contributed by atoms with E-state index in [0.29, 0.717) is 3.53 Å². The molecule has 2 unspecified atom stereocenters. The normalized spacial score (nSPS) is 11.0. The minimum atomic E-state index is -0.359. The molecule has 0 aliphatic heterocycles. The quantitative estimate of drug-likeness (QED) is 0.0848. The van der Waals surface area contributed by atoms with Gasteiger partial charge in [0, 0.05) is 20.5 Å². The fourth-order valence-corrected chi connectivity index (χ4v) is 8.53. The van der Waals surface area contributed by atoms with Crippen molar-refractivity contribution in [3.63, 3.8) is 0 Å². The summed E-state index contributed by atoms with van der Waals surface area (Å²) in [6, 6.07) is 21.7. The molecular weight excluding hydrogens is 740 g/mol. The first kappa shape index (κ1) is 46.2. The summed E-state index contributed by atoms with van der Waals surface area (Å²) >= 11 is 22.7. The maximum Gasteiger partial charge on any atom is 1.00 e. The molecule has 2 atom stereocenters. The van der Waals surface area contributed by atoms with E-state index in [2.05, 4.69) is 20.7 Å². The Morgan fingerprint density at radius 1 is 0.854 bits per heavy atom.